The van der Waals surface area contributed by atoms with E-state index < -0.39 is 5.97 Å². The van der Waals surface area contributed by atoms with E-state index in [-0.39, 0.29) is 5.69 Å². The van der Waals surface area contributed by atoms with E-state index >= 15 is 0 Å². The number of carboxylic acids is 1. The summed E-state index contributed by atoms with van der Waals surface area (Å²) < 4.78 is 1.77. The topological polar surface area (TPSA) is 71.2 Å². The third-order valence-corrected chi connectivity index (χ3v) is 4.72. The van der Waals surface area contributed by atoms with Gasteiger partial charge in [-0.1, -0.05) is 29.8 Å². The number of nitrogens with zero attached hydrogens (tertiary/aromatic N) is 4. The van der Waals surface area contributed by atoms with Crippen molar-refractivity contribution in [3.05, 3.63) is 53.5 Å². The van der Waals surface area contributed by atoms with Crippen LogP contribution in [0.1, 0.15) is 34.5 Å². The fourth-order valence-electron chi connectivity index (χ4n) is 3.56. The third-order valence-electron chi connectivity index (χ3n) is 4.72. The molecule has 6 heteroatoms. The van der Waals surface area contributed by atoms with Crippen molar-refractivity contribution >= 4 is 22.8 Å². The highest BCUT2D eigenvalue weighted by Crippen LogP contribution is 2.29. The maximum absolute atomic E-state index is 11.8. The monoisotopic (exact) mass is 336 g/mol. The summed E-state index contributed by atoms with van der Waals surface area (Å²) in [5.41, 5.74) is 3.13. The molecule has 4 rings (SSSR count). The fraction of sp³-hybridized carbons (Fsp3) is 0.316. The van der Waals surface area contributed by atoms with Crippen LogP contribution in [-0.4, -0.2) is 38.7 Å². The van der Waals surface area contributed by atoms with Crippen molar-refractivity contribution in [2.24, 2.45) is 0 Å². The molecule has 1 saturated heterocycles. The summed E-state index contributed by atoms with van der Waals surface area (Å²) in [4.78, 5) is 22.8. The van der Waals surface area contributed by atoms with Gasteiger partial charge in [0.15, 0.2) is 0 Å². The summed E-state index contributed by atoms with van der Waals surface area (Å²) in [5, 5.41) is 10.5. The molecule has 0 unspecified atom stereocenters. The molecule has 1 N–H and O–H groups in total. The van der Waals surface area contributed by atoms with Crippen LogP contribution in [0, 0.1) is 6.92 Å². The minimum absolute atomic E-state index is 0.248. The zero-order valence-corrected chi connectivity index (χ0v) is 14.1. The molecule has 0 aliphatic carbocycles. The van der Waals surface area contributed by atoms with E-state index in [1.54, 1.807) is 10.6 Å². The highest BCUT2D eigenvalue weighted by molar-refractivity contribution is 5.97. The molecular weight excluding hydrogens is 316 g/mol. The average molecular weight is 336 g/mol. The molecule has 1 aromatic carbocycles. The van der Waals surface area contributed by atoms with Crippen molar-refractivity contribution in [3.8, 4) is 0 Å². The van der Waals surface area contributed by atoms with Gasteiger partial charge in [-0.2, -0.15) is 0 Å². The second-order valence-corrected chi connectivity index (χ2v) is 6.54. The predicted octanol–water partition coefficient (Wildman–Crippen LogP) is 3.09. The van der Waals surface area contributed by atoms with Gasteiger partial charge in [0.1, 0.15) is 23.5 Å². The summed E-state index contributed by atoms with van der Waals surface area (Å²) in [6, 6.07) is 9.80. The van der Waals surface area contributed by atoms with E-state index in [0.29, 0.717) is 12.2 Å². The second-order valence-electron chi connectivity index (χ2n) is 6.54. The molecule has 1 aliphatic heterocycles. The number of aryl methyl sites for hydroxylation is 1. The molecule has 2 aromatic heterocycles. The number of carboxylic acid groups (broad SMARTS) is 1. The normalized spacial score (nSPS) is 14.4. The van der Waals surface area contributed by atoms with Gasteiger partial charge >= 0.3 is 5.97 Å². The van der Waals surface area contributed by atoms with E-state index in [1.165, 1.54) is 6.33 Å². The number of aromatic nitrogens is 3. The number of anilines is 1. The molecule has 0 bridgehead atoms. The number of rotatable bonds is 4. The van der Waals surface area contributed by atoms with Crippen molar-refractivity contribution < 1.29 is 9.90 Å². The van der Waals surface area contributed by atoms with Gasteiger partial charge in [-0.05, 0) is 31.4 Å². The first-order valence-electron chi connectivity index (χ1n) is 8.51. The molecule has 128 valence electrons. The highest BCUT2D eigenvalue weighted by Gasteiger charge is 2.22. The Hall–Kier alpha value is -2.89. The Morgan fingerprint density at radius 3 is 2.72 bits per heavy atom. The number of benzene rings is 1. The van der Waals surface area contributed by atoms with E-state index in [9.17, 15) is 9.90 Å². The lowest BCUT2D eigenvalue weighted by Gasteiger charge is -2.16. The Kier molecular flexibility index (Phi) is 3.87. The smallest absolute Gasteiger partial charge is 0.352 e. The van der Waals surface area contributed by atoms with E-state index in [1.807, 2.05) is 25.1 Å². The van der Waals surface area contributed by atoms with Crippen LogP contribution in [0.5, 0.6) is 0 Å². The summed E-state index contributed by atoms with van der Waals surface area (Å²) >= 11 is 0. The largest absolute Gasteiger partial charge is 0.477 e. The van der Waals surface area contributed by atoms with Crippen LogP contribution in [0.15, 0.2) is 36.7 Å². The lowest BCUT2D eigenvalue weighted by molar-refractivity contribution is 0.0686. The number of hydrogen-bond donors (Lipinski definition) is 1. The van der Waals surface area contributed by atoms with Crippen molar-refractivity contribution in [1.29, 1.82) is 0 Å². The first-order chi connectivity index (χ1) is 12.1. The zero-order chi connectivity index (χ0) is 17.4. The Labute approximate surface area is 145 Å². The van der Waals surface area contributed by atoms with Gasteiger partial charge in [-0.15, -0.1) is 0 Å². The highest BCUT2D eigenvalue weighted by atomic mass is 16.4. The Morgan fingerprint density at radius 2 is 2.00 bits per heavy atom. The van der Waals surface area contributed by atoms with Gasteiger partial charge < -0.3 is 14.6 Å². The number of fused-ring (bicyclic) bond motifs is 1. The number of carbonyl (C=O) groups is 1. The van der Waals surface area contributed by atoms with Crippen LogP contribution >= 0.6 is 0 Å². The second kappa shape index (κ2) is 6.20. The van der Waals surface area contributed by atoms with E-state index in [2.05, 4.69) is 20.9 Å². The van der Waals surface area contributed by atoms with E-state index in [4.69, 9.17) is 0 Å². The van der Waals surface area contributed by atoms with Gasteiger partial charge in [0, 0.05) is 19.6 Å². The quantitative estimate of drug-likeness (QED) is 0.793. The molecule has 0 saturated carbocycles. The summed E-state index contributed by atoms with van der Waals surface area (Å²) in [7, 11) is 0. The van der Waals surface area contributed by atoms with Gasteiger partial charge in [-0.25, -0.2) is 14.8 Å². The van der Waals surface area contributed by atoms with Gasteiger partial charge in [-0.3, -0.25) is 0 Å². The van der Waals surface area contributed by atoms with E-state index in [0.717, 1.165) is 48.3 Å². The minimum Gasteiger partial charge on any atom is -0.477 e. The first-order valence-corrected chi connectivity index (χ1v) is 8.51. The molecule has 0 radical (unpaired) electrons. The van der Waals surface area contributed by atoms with Crippen molar-refractivity contribution in [3.63, 3.8) is 0 Å². The molecule has 3 aromatic rings. The van der Waals surface area contributed by atoms with Gasteiger partial charge in [0.05, 0.1) is 5.39 Å². The Balaban J connectivity index is 1.85. The number of hydrogen-bond acceptors (Lipinski definition) is 4. The molecule has 0 amide bonds. The summed E-state index contributed by atoms with van der Waals surface area (Å²) in [5.74, 6) is -0.106. The molecule has 25 heavy (non-hydrogen) atoms. The first kappa shape index (κ1) is 15.6. The van der Waals surface area contributed by atoms with Crippen LogP contribution in [0.3, 0.4) is 0 Å². The molecule has 6 nitrogen and oxygen atoms in total. The average Bonchev–Trinajstić information content (AvgIpc) is 3.23. The van der Waals surface area contributed by atoms with Crippen LogP contribution in [0.4, 0.5) is 5.82 Å². The van der Waals surface area contributed by atoms with Crippen LogP contribution in [-0.2, 0) is 6.54 Å². The SMILES string of the molecule is Cc1cccc(Cn2c(C(=O)O)cc3c(N4CCCC4)ncnc32)c1. The zero-order valence-electron chi connectivity index (χ0n) is 14.1. The van der Waals surface area contributed by atoms with Gasteiger partial charge in [0.2, 0.25) is 0 Å². The maximum Gasteiger partial charge on any atom is 0.352 e. The Bertz CT molecular complexity index is 942. The Morgan fingerprint density at radius 1 is 1.20 bits per heavy atom. The maximum atomic E-state index is 11.8. The molecule has 0 spiro atoms. The molecular formula is C19H20N4O2. The van der Waals surface area contributed by atoms with Crippen LogP contribution in [0.2, 0.25) is 0 Å². The third kappa shape index (κ3) is 2.84. The van der Waals surface area contributed by atoms with Crippen LogP contribution < -0.4 is 4.90 Å². The molecule has 1 fully saturated rings. The lowest BCUT2D eigenvalue weighted by atomic mass is 10.1. The van der Waals surface area contributed by atoms with Gasteiger partial charge in [0.25, 0.3) is 0 Å². The standard InChI is InChI=1S/C19H20N4O2/c1-13-5-4-6-14(9-13)11-23-16(19(24)25)10-15-17(20-12-21-18(15)23)22-7-2-3-8-22/h4-6,9-10,12H,2-3,7-8,11H2,1H3,(H,24,25). The van der Waals surface area contributed by atoms with Crippen LogP contribution in [0.25, 0.3) is 11.0 Å². The molecule has 0 atom stereocenters. The minimum atomic E-state index is -0.946. The van der Waals surface area contributed by atoms with Crippen molar-refractivity contribution in [2.45, 2.75) is 26.3 Å². The molecule has 1 aliphatic rings. The number of aromatic carboxylic acids is 1. The van der Waals surface area contributed by atoms with Crippen molar-refractivity contribution in [1.82, 2.24) is 14.5 Å². The van der Waals surface area contributed by atoms with Crippen molar-refractivity contribution in [2.75, 3.05) is 18.0 Å². The predicted molar refractivity (Wildman–Crippen MR) is 96.2 cm³/mol. The lowest BCUT2D eigenvalue weighted by Crippen LogP contribution is -2.19. The molecule has 3 heterocycles. The summed E-state index contributed by atoms with van der Waals surface area (Å²) in [6.45, 7) is 4.42. The summed E-state index contributed by atoms with van der Waals surface area (Å²) in [6.07, 6.45) is 3.82. The fourth-order valence-corrected chi connectivity index (χ4v) is 3.56.